The van der Waals surface area contributed by atoms with Gasteiger partial charge < -0.3 is 10.1 Å². The van der Waals surface area contributed by atoms with Crippen LogP contribution in [-0.4, -0.2) is 55.1 Å². The Bertz CT molecular complexity index is 529. The highest BCUT2D eigenvalue weighted by molar-refractivity contribution is 7.80. The van der Waals surface area contributed by atoms with E-state index >= 15 is 0 Å². The zero-order valence-electron chi connectivity index (χ0n) is 13.3. The normalized spacial score (nSPS) is 16.2. The quantitative estimate of drug-likeness (QED) is 0.358. The van der Waals surface area contributed by atoms with Gasteiger partial charge in [-0.15, -0.1) is 0 Å². The molecule has 1 aromatic carbocycles. The van der Waals surface area contributed by atoms with Gasteiger partial charge in [0.05, 0.1) is 18.9 Å². The molecule has 126 valence electrons. The van der Waals surface area contributed by atoms with Crippen LogP contribution < -0.4 is 10.7 Å². The molecule has 1 aliphatic heterocycles. The van der Waals surface area contributed by atoms with Crippen LogP contribution in [0.25, 0.3) is 0 Å². The van der Waals surface area contributed by atoms with Gasteiger partial charge in [0, 0.05) is 19.6 Å². The summed E-state index contributed by atoms with van der Waals surface area (Å²) in [7, 11) is 0. The molecule has 0 radical (unpaired) electrons. The van der Waals surface area contributed by atoms with Crippen LogP contribution in [0.4, 0.5) is 4.39 Å². The van der Waals surface area contributed by atoms with Gasteiger partial charge in [-0.3, -0.25) is 10.3 Å². The molecular formula is C16H23FN4OS. The third kappa shape index (κ3) is 6.60. The Morgan fingerprint density at radius 1 is 1.30 bits per heavy atom. The highest BCUT2D eigenvalue weighted by atomic mass is 32.1. The summed E-state index contributed by atoms with van der Waals surface area (Å²) in [4.78, 5) is 2.39. The maximum atomic E-state index is 12.9. The summed E-state index contributed by atoms with van der Waals surface area (Å²) in [5, 5.41) is 7.83. The second kappa shape index (κ2) is 9.54. The van der Waals surface area contributed by atoms with E-state index in [1.165, 1.54) is 12.1 Å². The van der Waals surface area contributed by atoms with Crippen molar-refractivity contribution in [1.82, 2.24) is 15.6 Å². The molecule has 0 spiro atoms. The molecule has 1 saturated heterocycles. The molecule has 0 aliphatic carbocycles. The van der Waals surface area contributed by atoms with E-state index in [0.717, 1.165) is 57.1 Å². The zero-order chi connectivity index (χ0) is 16.5. The third-order valence-electron chi connectivity index (χ3n) is 3.63. The molecule has 1 fully saturated rings. The lowest BCUT2D eigenvalue weighted by Crippen LogP contribution is -2.39. The Hall–Kier alpha value is -1.57. The molecular weight excluding hydrogens is 315 g/mol. The van der Waals surface area contributed by atoms with Gasteiger partial charge in [-0.05, 0) is 49.8 Å². The predicted molar refractivity (Wildman–Crippen MR) is 94.2 cm³/mol. The van der Waals surface area contributed by atoms with E-state index in [2.05, 4.69) is 20.7 Å². The van der Waals surface area contributed by atoms with Crippen molar-refractivity contribution in [1.29, 1.82) is 0 Å². The fraction of sp³-hybridized carbons (Fsp3) is 0.500. The van der Waals surface area contributed by atoms with Gasteiger partial charge in [-0.2, -0.15) is 5.10 Å². The van der Waals surface area contributed by atoms with E-state index < -0.39 is 0 Å². The molecule has 0 bridgehead atoms. The zero-order valence-corrected chi connectivity index (χ0v) is 14.2. The first-order valence-corrected chi connectivity index (χ1v) is 8.20. The molecule has 7 heteroatoms. The van der Waals surface area contributed by atoms with Gasteiger partial charge >= 0.3 is 0 Å². The standard InChI is InChI=1S/C16H23FN4OS/c1-13(14-3-5-15(17)6-4-14)19-20-16(23)18-7-2-8-21-9-11-22-12-10-21/h3-6H,2,7-12H2,1H3,(H2,18,20,23)/b19-13-. The van der Waals surface area contributed by atoms with Crippen LogP contribution in [0.15, 0.2) is 29.4 Å². The van der Waals surface area contributed by atoms with Gasteiger partial charge in [0.2, 0.25) is 0 Å². The first kappa shape index (κ1) is 17.8. The highest BCUT2D eigenvalue weighted by Crippen LogP contribution is 2.03. The molecule has 0 unspecified atom stereocenters. The van der Waals surface area contributed by atoms with Crippen molar-refractivity contribution in [3.63, 3.8) is 0 Å². The monoisotopic (exact) mass is 338 g/mol. The molecule has 0 aromatic heterocycles. The lowest BCUT2D eigenvalue weighted by Gasteiger charge is -2.26. The molecule has 2 N–H and O–H groups in total. The van der Waals surface area contributed by atoms with Crippen LogP contribution in [0.5, 0.6) is 0 Å². The molecule has 0 atom stereocenters. The Balaban J connectivity index is 1.64. The number of hydrogen-bond donors (Lipinski definition) is 2. The molecule has 0 saturated carbocycles. The second-order valence-corrected chi connectivity index (χ2v) is 5.79. The van der Waals surface area contributed by atoms with Gasteiger partial charge in [0.25, 0.3) is 0 Å². The first-order chi connectivity index (χ1) is 11.1. The van der Waals surface area contributed by atoms with Gasteiger partial charge in [-0.1, -0.05) is 12.1 Å². The van der Waals surface area contributed by atoms with Crippen LogP contribution in [0.2, 0.25) is 0 Å². The predicted octanol–water partition coefficient (Wildman–Crippen LogP) is 1.74. The average Bonchev–Trinajstić information content (AvgIpc) is 2.58. The summed E-state index contributed by atoms with van der Waals surface area (Å²) in [6.07, 6.45) is 1.02. The fourth-order valence-electron chi connectivity index (χ4n) is 2.26. The van der Waals surface area contributed by atoms with Crippen molar-refractivity contribution in [2.24, 2.45) is 5.10 Å². The van der Waals surface area contributed by atoms with Crippen LogP contribution in [0.3, 0.4) is 0 Å². The maximum Gasteiger partial charge on any atom is 0.186 e. The first-order valence-electron chi connectivity index (χ1n) is 7.79. The van der Waals surface area contributed by atoms with E-state index in [9.17, 15) is 4.39 Å². The average molecular weight is 338 g/mol. The minimum Gasteiger partial charge on any atom is -0.379 e. The number of hydrogen-bond acceptors (Lipinski definition) is 4. The summed E-state index contributed by atoms with van der Waals surface area (Å²) in [6, 6.07) is 6.20. The minimum absolute atomic E-state index is 0.257. The van der Waals surface area contributed by atoms with Gasteiger partial charge in [0.15, 0.2) is 5.11 Å². The lowest BCUT2D eigenvalue weighted by molar-refractivity contribution is 0.0376. The Morgan fingerprint density at radius 2 is 2.00 bits per heavy atom. The fourth-order valence-corrected chi connectivity index (χ4v) is 2.41. The molecule has 23 heavy (non-hydrogen) atoms. The number of hydrazone groups is 1. The molecule has 5 nitrogen and oxygen atoms in total. The van der Waals surface area contributed by atoms with E-state index in [0.29, 0.717) is 5.11 Å². The number of benzene rings is 1. The number of morpholine rings is 1. The Morgan fingerprint density at radius 3 is 2.70 bits per heavy atom. The highest BCUT2D eigenvalue weighted by Gasteiger charge is 2.09. The second-order valence-electron chi connectivity index (χ2n) is 5.38. The van der Waals surface area contributed by atoms with Crippen molar-refractivity contribution < 1.29 is 9.13 Å². The number of rotatable bonds is 6. The lowest BCUT2D eigenvalue weighted by atomic mass is 10.1. The van der Waals surface area contributed by atoms with E-state index in [1.54, 1.807) is 12.1 Å². The van der Waals surface area contributed by atoms with Crippen LogP contribution in [-0.2, 0) is 4.74 Å². The summed E-state index contributed by atoms with van der Waals surface area (Å²) < 4.78 is 18.2. The summed E-state index contributed by atoms with van der Waals surface area (Å²) in [5.74, 6) is -0.257. The summed E-state index contributed by atoms with van der Waals surface area (Å²) in [6.45, 7) is 7.34. The van der Waals surface area contributed by atoms with E-state index in [-0.39, 0.29) is 5.82 Å². The Labute approximate surface area is 141 Å². The van der Waals surface area contributed by atoms with Crippen molar-refractivity contribution in [3.05, 3.63) is 35.6 Å². The largest absolute Gasteiger partial charge is 0.379 e. The van der Waals surface area contributed by atoms with Crippen LogP contribution >= 0.6 is 12.2 Å². The summed E-state index contributed by atoms with van der Waals surface area (Å²) >= 11 is 5.19. The number of nitrogens with one attached hydrogen (secondary N) is 2. The topological polar surface area (TPSA) is 48.9 Å². The van der Waals surface area contributed by atoms with E-state index in [4.69, 9.17) is 17.0 Å². The number of ether oxygens (including phenoxy) is 1. The molecule has 1 aromatic rings. The van der Waals surface area contributed by atoms with Crippen molar-refractivity contribution in [2.45, 2.75) is 13.3 Å². The van der Waals surface area contributed by atoms with Crippen molar-refractivity contribution >= 4 is 23.0 Å². The van der Waals surface area contributed by atoms with Gasteiger partial charge in [-0.25, -0.2) is 4.39 Å². The van der Waals surface area contributed by atoms with Crippen LogP contribution in [0, 0.1) is 5.82 Å². The third-order valence-corrected chi connectivity index (χ3v) is 3.86. The van der Waals surface area contributed by atoms with Crippen molar-refractivity contribution in [2.75, 3.05) is 39.4 Å². The van der Waals surface area contributed by atoms with Crippen LogP contribution in [0.1, 0.15) is 18.9 Å². The maximum absolute atomic E-state index is 12.9. The number of halogens is 1. The summed E-state index contributed by atoms with van der Waals surface area (Å²) in [5.41, 5.74) is 4.42. The molecule has 2 rings (SSSR count). The van der Waals surface area contributed by atoms with Crippen molar-refractivity contribution in [3.8, 4) is 0 Å². The SMILES string of the molecule is C/C(=N/NC(=S)NCCCN1CCOCC1)c1ccc(F)cc1. The molecule has 1 aliphatic rings. The Kier molecular flexibility index (Phi) is 7.38. The smallest absolute Gasteiger partial charge is 0.186 e. The molecule has 0 amide bonds. The molecule has 1 heterocycles. The van der Waals surface area contributed by atoms with E-state index in [1.807, 2.05) is 6.92 Å². The minimum atomic E-state index is -0.257. The number of nitrogens with zero attached hydrogens (tertiary/aromatic N) is 2. The van der Waals surface area contributed by atoms with Gasteiger partial charge in [0.1, 0.15) is 5.82 Å². The number of thiocarbonyl (C=S) groups is 1.